The summed E-state index contributed by atoms with van der Waals surface area (Å²) in [6.45, 7) is 6.38. The minimum absolute atomic E-state index is 0.151. The number of carbonyl (C=O) groups excluding carboxylic acids is 1. The van der Waals surface area contributed by atoms with E-state index >= 15 is 0 Å². The Morgan fingerprint density at radius 3 is 2.29 bits per heavy atom. The highest BCUT2D eigenvalue weighted by molar-refractivity contribution is 6.31. The van der Waals surface area contributed by atoms with Crippen molar-refractivity contribution in [1.82, 2.24) is 0 Å². The van der Waals surface area contributed by atoms with Crippen molar-refractivity contribution in [3.63, 3.8) is 0 Å². The molecule has 0 unspecified atom stereocenters. The lowest BCUT2D eigenvalue weighted by molar-refractivity contribution is 0.102. The standard InChI is InChI=1S/C26H28ClNO3/c1-5-18-8-7-9-19(6-2)25(18)28-26(29)20-10-13-24(30-4)21(15-20)16-31-22-11-12-23(27)17(3)14-22/h7-15H,5-6,16H2,1-4H3,(H,28,29). The maximum absolute atomic E-state index is 13.1. The van der Waals surface area contributed by atoms with Crippen LogP contribution in [-0.4, -0.2) is 13.0 Å². The Balaban J connectivity index is 1.83. The number of para-hydroxylation sites is 1. The molecule has 162 valence electrons. The summed E-state index contributed by atoms with van der Waals surface area (Å²) in [6.07, 6.45) is 1.71. The van der Waals surface area contributed by atoms with Gasteiger partial charge in [0.05, 0.1) is 7.11 Å². The highest BCUT2D eigenvalue weighted by Gasteiger charge is 2.14. The number of ether oxygens (including phenoxy) is 2. The maximum Gasteiger partial charge on any atom is 0.255 e. The predicted octanol–water partition coefficient (Wildman–Crippen LogP) is 6.61. The molecule has 4 nitrogen and oxygen atoms in total. The van der Waals surface area contributed by atoms with Crippen LogP contribution < -0.4 is 14.8 Å². The summed E-state index contributed by atoms with van der Waals surface area (Å²) in [7, 11) is 1.61. The van der Waals surface area contributed by atoms with Gasteiger partial charge >= 0.3 is 0 Å². The SMILES string of the molecule is CCc1cccc(CC)c1NC(=O)c1ccc(OC)c(COc2ccc(Cl)c(C)c2)c1. The molecule has 0 radical (unpaired) electrons. The maximum atomic E-state index is 13.1. The normalized spacial score (nSPS) is 10.6. The van der Waals surface area contributed by atoms with E-state index in [0.717, 1.165) is 40.8 Å². The average Bonchev–Trinajstić information content (AvgIpc) is 2.79. The molecule has 0 aromatic heterocycles. The van der Waals surface area contributed by atoms with Crippen LogP contribution in [0.4, 0.5) is 5.69 Å². The lowest BCUT2D eigenvalue weighted by Crippen LogP contribution is -2.15. The van der Waals surface area contributed by atoms with Crippen molar-refractivity contribution in [3.8, 4) is 11.5 Å². The van der Waals surface area contributed by atoms with Crippen molar-refractivity contribution < 1.29 is 14.3 Å². The van der Waals surface area contributed by atoms with Crippen LogP contribution in [0.5, 0.6) is 11.5 Å². The second kappa shape index (κ2) is 10.4. The molecule has 0 atom stereocenters. The highest BCUT2D eigenvalue weighted by atomic mass is 35.5. The van der Waals surface area contributed by atoms with E-state index in [1.807, 2.05) is 37.3 Å². The van der Waals surface area contributed by atoms with Gasteiger partial charge in [0.2, 0.25) is 0 Å². The molecule has 0 spiro atoms. The molecule has 3 aromatic rings. The fourth-order valence-corrected chi connectivity index (χ4v) is 3.61. The van der Waals surface area contributed by atoms with Crippen LogP contribution in [0.15, 0.2) is 54.6 Å². The van der Waals surface area contributed by atoms with Crippen molar-refractivity contribution in [1.29, 1.82) is 0 Å². The zero-order valence-electron chi connectivity index (χ0n) is 18.4. The summed E-state index contributed by atoms with van der Waals surface area (Å²) in [4.78, 5) is 13.1. The minimum atomic E-state index is -0.151. The van der Waals surface area contributed by atoms with Crippen molar-refractivity contribution in [2.24, 2.45) is 0 Å². The van der Waals surface area contributed by atoms with Gasteiger partial charge < -0.3 is 14.8 Å². The van der Waals surface area contributed by atoms with Gasteiger partial charge in [-0.05, 0) is 72.9 Å². The second-order valence-corrected chi connectivity index (χ2v) is 7.75. The Labute approximate surface area is 189 Å². The summed E-state index contributed by atoms with van der Waals surface area (Å²) in [6, 6.07) is 17.0. The van der Waals surface area contributed by atoms with Gasteiger partial charge in [-0.15, -0.1) is 0 Å². The second-order valence-electron chi connectivity index (χ2n) is 7.34. The lowest BCUT2D eigenvalue weighted by Gasteiger charge is -2.16. The monoisotopic (exact) mass is 437 g/mol. The van der Waals surface area contributed by atoms with Gasteiger partial charge in [0.1, 0.15) is 18.1 Å². The van der Waals surface area contributed by atoms with Crippen LogP contribution in [0.2, 0.25) is 5.02 Å². The molecule has 3 rings (SSSR count). The van der Waals surface area contributed by atoms with Crippen LogP contribution in [-0.2, 0) is 19.4 Å². The first kappa shape index (κ1) is 22.7. The van der Waals surface area contributed by atoms with Crippen molar-refractivity contribution >= 4 is 23.2 Å². The Morgan fingerprint density at radius 2 is 1.68 bits per heavy atom. The van der Waals surface area contributed by atoms with Gasteiger partial charge in [0.25, 0.3) is 5.91 Å². The number of amides is 1. The molecule has 1 N–H and O–H groups in total. The van der Waals surface area contributed by atoms with Gasteiger partial charge in [-0.1, -0.05) is 43.6 Å². The van der Waals surface area contributed by atoms with Crippen molar-refractivity contribution in [3.05, 3.63) is 87.4 Å². The number of anilines is 1. The largest absolute Gasteiger partial charge is 0.496 e. The molecular weight excluding hydrogens is 410 g/mol. The van der Waals surface area contributed by atoms with Crippen LogP contribution in [0, 0.1) is 6.92 Å². The Hall–Kier alpha value is -2.98. The number of nitrogens with one attached hydrogen (secondary N) is 1. The third-order valence-electron chi connectivity index (χ3n) is 5.30. The van der Waals surface area contributed by atoms with E-state index in [9.17, 15) is 4.79 Å². The number of rotatable bonds is 8. The van der Waals surface area contributed by atoms with Gasteiger partial charge in [0.15, 0.2) is 0 Å². The van der Waals surface area contributed by atoms with Crippen LogP contribution >= 0.6 is 11.6 Å². The summed E-state index contributed by atoms with van der Waals surface area (Å²) in [5.41, 5.74) is 5.45. The topological polar surface area (TPSA) is 47.6 Å². The summed E-state index contributed by atoms with van der Waals surface area (Å²) in [5, 5.41) is 3.81. The lowest BCUT2D eigenvalue weighted by atomic mass is 10.0. The van der Waals surface area contributed by atoms with E-state index < -0.39 is 0 Å². The molecule has 0 fully saturated rings. The fraction of sp³-hybridized carbons (Fsp3) is 0.269. The zero-order valence-corrected chi connectivity index (χ0v) is 19.2. The smallest absolute Gasteiger partial charge is 0.255 e. The van der Waals surface area contributed by atoms with E-state index in [1.165, 1.54) is 0 Å². The van der Waals surface area contributed by atoms with Gasteiger partial charge in [-0.3, -0.25) is 4.79 Å². The number of carbonyl (C=O) groups is 1. The molecular formula is C26H28ClNO3. The Kier molecular flexibility index (Phi) is 7.59. The van der Waals surface area contributed by atoms with Gasteiger partial charge in [0, 0.05) is 21.8 Å². The number of benzene rings is 3. The van der Waals surface area contributed by atoms with E-state index in [4.69, 9.17) is 21.1 Å². The van der Waals surface area contributed by atoms with Crippen LogP contribution in [0.1, 0.15) is 46.5 Å². The number of hydrogen-bond donors (Lipinski definition) is 1. The first-order chi connectivity index (χ1) is 15.0. The summed E-state index contributed by atoms with van der Waals surface area (Å²) in [5.74, 6) is 1.23. The Morgan fingerprint density at radius 1 is 0.968 bits per heavy atom. The predicted molar refractivity (Wildman–Crippen MR) is 127 cm³/mol. The number of aryl methyl sites for hydroxylation is 3. The van der Waals surface area contributed by atoms with Gasteiger partial charge in [-0.25, -0.2) is 0 Å². The molecule has 0 bridgehead atoms. The average molecular weight is 438 g/mol. The first-order valence-electron chi connectivity index (χ1n) is 10.4. The quantitative estimate of drug-likeness (QED) is 0.431. The van der Waals surface area contributed by atoms with E-state index in [1.54, 1.807) is 19.2 Å². The van der Waals surface area contributed by atoms with Crippen molar-refractivity contribution in [2.75, 3.05) is 12.4 Å². The fourth-order valence-electron chi connectivity index (χ4n) is 3.49. The molecule has 0 aliphatic carbocycles. The first-order valence-corrected chi connectivity index (χ1v) is 10.8. The molecule has 0 saturated heterocycles. The molecule has 0 aliphatic heterocycles. The molecule has 1 amide bonds. The van der Waals surface area contributed by atoms with E-state index in [-0.39, 0.29) is 12.5 Å². The zero-order chi connectivity index (χ0) is 22.4. The van der Waals surface area contributed by atoms with E-state index in [0.29, 0.717) is 22.1 Å². The molecule has 0 aliphatic rings. The van der Waals surface area contributed by atoms with Crippen molar-refractivity contribution in [2.45, 2.75) is 40.2 Å². The minimum Gasteiger partial charge on any atom is -0.496 e. The number of hydrogen-bond acceptors (Lipinski definition) is 3. The molecule has 0 heterocycles. The van der Waals surface area contributed by atoms with Crippen LogP contribution in [0.3, 0.4) is 0 Å². The number of methoxy groups -OCH3 is 1. The molecule has 31 heavy (non-hydrogen) atoms. The third kappa shape index (κ3) is 5.39. The van der Waals surface area contributed by atoms with Gasteiger partial charge in [-0.2, -0.15) is 0 Å². The van der Waals surface area contributed by atoms with Crippen LogP contribution in [0.25, 0.3) is 0 Å². The molecule has 3 aromatic carbocycles. The molecule has 5 heteroatoms. The summed E-state index contributed by atoms with van der Waals surface area (Å²) >= 11 is 6.09. The van der Waals surface area contributed by atoms with E-state index in [2.05, 4.69) is 31.3 Å². The third-order valence-corrected chi connectivity index (χ3v) is 5.73. The summed E-state index contributed by atoms with van der Waals surface area (Å²) < 4.78 is 11.4. The number of halogens is 1. The Bertz CT molecular complexity index is 1060. The molecule has 0 saturated carbocycles. The highest BCUT2D eigenvalue weighted by Crippen LogP contribution is 2.27.